The van der Waals surface area contributed by atoms with Gasteiger partial charge in [0.15, 0.2) is 6.29 Å². The monoisotopic (exact) mass is 520 g/mol. The number of ether oxygens (including phenoxy) is 2. The number of para-hydroxylation sites is 2. The molecule has 1 heterocycles. The molecule has 1 fully saturated rings. The van der Waals surface area contributed by atoms with E-state index in [0.717, 1.165) is 0 Å². The first-order valence-corrected chi connectivity index (χ1v) is 11.5. The van der Waals surface area contributed by atoms with E-state index in [1.165, 1.54) is 6.21 Å². The third kappa shape index (κ3) is 7.75. The number of rotatable bonds is 12. The van der Waals surface area contributed by atoms with Crippen molar-refractivity contribution in [1.29, 1.82) is 0 Å². The number of nitrogens with zero attached hydrogens (tertiary/aromatic N) is 2. The summed E-state index contributed by atoms with van der Waals surface area (Å²) >= 11 is 0. The van der Waals surface area contributed by atoms with Gasteiger partial charge in [-0.1, -0.05) is 36.4 Å². The van der Waals surface area contributed by atoms with Crippen molar-refractivity contribution < 1.29 is 45.2 Å². The van der Waals surface area contributed by atoms with E-state index >= 15 is 0 Å². The summed E-state index contributed by atoms with van der Waals surface area (Å²) in [5.74, 6) is 0. The predicted octanol–water partition coefficient (Wildman–Crippen LogP) is -1.55. The van der Waals surface area contributed by atoms with Crippen molar-refractivity contribution in [2.45, 2.75) is 49.0 Å². The second-order valence-electron chi connectivity index (χ2n) is 8.24. The number of nitrogens with one attached hydrogen (secondary N) is 2. The topological polar surface area (TPSA) is 209 Å². The van der Waals surface area contributed by atoms with Crippen LogP contribution in [-0.4, -0.2) is 110 Å². The third-order valence-electron chi connectivity index (χ3n) is 5.57. The molecule has 3 rings (SSSR count). The van der Waals surface area contributed by atoms with Gasteiger partial charge >= 0.3 is 0 Å². The molecular formula is C24H32N4O9. The zero-order chi connectivity index (χ0) is 26.8. The summed E-state index contributed by atoms with van der Waals surface area (Å²) in [6, 6.07) is 17.7. The standard InChI is InChI=1S/C24H32N4O9/c29-12-17(31)23(37-24-22(35)21(34)20(33)18(13-30)36-24)19(32)16(28-27-15-9-5-2-6-10-15)11-25-26-14-7-3-1-4-8-14/h1-11,17-24,26-27,29-35H,12-13H2/b25-11+,28-16+. The largest absolute Gasteiger partial charge is 0.394 e. The molecule has 2 aromatic rings. The number of anilines is 2. The molecule has 13 heteroatoms. The molecule has 202 valence electrons. The van der Waals surface area contributed by atoms with E-state index in [0.29, 0.717) is 11.4 Å². The van der Waals surface area contributed by atoms with Gasteiger partial charge < -0.3 is 45.2 Å². The number of hydrazone groups is 2. The van der Waals surface area contributed by atoms with Gasteiger partial charge in [0, 0.05) is 0 Å². The van der Waals surface area contributed by atoms with Crippen LogP contribution in [0.2, 0.25) is 0 Å². The summed E-state index contributed by atoms with van der Waals surface area (Å²) in [5, 5.41) is 79.1. The maximum Gasteiger partial charge on any atom is 0.187 e. The zero-order valence-electron chi connectivity index (χ0n) is 19.7. The molecule has 0 spiro atoms. The molecule has 9 N–H and O–H groups in total. The van der Waals surface area contributed by atoms with Crippen molar-refractivity contribution in [1.82, 2.24) is 0 Å². The van der Waals surface area contributed by atoms with Gasteiger partial charge in [0.05, 0.1) is 30.8 Å². The molecule has 37 heavy (non-hydrogen) atoms. The Morgan fingerprint density at radius 2 is 1.49 bits per heavy atom. The van der Waals surface area contributed by atoms with E-state index < -0.39 is 62.2 Å². The molecule has 0 bridgehead atoms. The minimum atomic E-state index is -1.80. The van der Waals surface area contributed by atoms with Gasteiger partial charge in [-0.2, -0.15) is 10.2 Å². The molecule has 1 saturated heterocycles. The molecule has 8 atom stereocenters. The lowest BCUT2D eigenvalue weighted by Gasteiger charge is -2.41. The molecule has 0 aliphatic carbocycles. The Morgan fingerprint density at radius 3 is 2.05 bits per heavy atom. The Balaban J connectivity index is 1.85. The molecular weight excluding hydrogens is 488 g/mol. The SMILES string of the molecule is OCC(O)C(OC1OC(CO)C(O)C(O)C1O)C(O)C(/C=N/Nc1ccccc1)=N/Nc1ccccc1. The minimum absolute atomic E-state index is 0.144. The van der Waals surface area contributed by atoms with Crippen LogP contribution in [-0.2, 0) is 9.47 Å². The second-order valence-corrected chi connectivity index (χ2v) is 8.24. The van der Waals surface area contributed by atoms with Crippen molar-refractivity contribution in [3.8, 4) is 0 Å². The fraction of sp³-hybridized carbons (Fsp3) is 0.417. The van der Waals surface area contributed by atoms with Crippen molar-refractivity contribution in [2.24, 2.45) is 10.2 Å². The van der Waals surface area contributed by atoms with Crippen molar-refractivity contribution in [3.05, 3.63) is 60.7 Å². The number of benzene rings is 2. The van der Waals surface area contributed by atoms with Gasteiger partial charge in [0.25, 0.3) is 0 Å². The molecule has 0 radical (unpaired) electrons. The van der Waals surface area contributed by atoms with Gasteiger partial charge in [-0.05, 0) is 24.3 Å². The molecule has 8 unspecified atom stereocenters. The first-order chi connectivity index (χ1) is 17.8. The summed E-state index contributed by atoms with van der Waals surface area (Å²) < 4.78 is 10.9. The van der Waals surface area contributed by atoms with E-state index in [4.69, 9.17) is 9.47 Å². The summed E-state index contributed by atoms with van der Waals surface area (Å²) in [7, 11) is 0. The third-order valence-corrected chi connectivity index (χ3v) is 5.57. The maximum absolute atomic E-state index is 11.1. The van der Waals surface area contributed by atoms with Gasteiger partial charge in [-0.3, -0.25) is 10.9 Å². The van der Waals surface area contributed by atoms with E-state index in [1.54, 1.807) is 54.6 Å². The first kappa shape index (κ1) is 28.6. The summed E-state index contributed by atoms with van der Waals surface area (Å²) in [5.41, 5.74) is 6.59. The molecule has 1 aliphatic rings. The number of aliphatic hydroxyl groups is 7. The number of hydrogen-bond donors (Lipinski definition) is 9. The molecule has 2 aromatic carbocycles. The van der Waals surface area contributed by atoms with E-state index in [-0.39, 0.29) is 5.71 Å². The van der Waals surface area contributed by atoms with Crippen molar-refractivity contribution in [2.75, 3.05) is 24.1 Å². The fourth-order valence-corrected chi connectivity index (χ4v) is 3.48. The van der Waals surface area contributed by atoms with Crippen LogP contribution in [0.5, 0.6) is 0 Å². The van der Waals surface area contributed by atoms with Crippen LogP contribution in [0.4, 0.5) is 11.4 Å². The Morgan fingerprint density at radius 1 is 0.892 bits per heavy atom. The Labute approximate surface area is 212 Å². The molecule has 1 aliphatic heterocycles. The maximum atomic E-state index is 11.1. The molecule has 13 nitrogen and oxygen atoms in total. The highest BCUT2D eigenvalue weighted by molar-refractivity contribution is 6.33. The normalized spacial score (nSPS) is 27.0. The fourth-order valence-electron chi connectivity index (χ4n) is 3.48. The molecule has 0 amide bonds. The lowest BCUT2D eigenvalue weighted by atomic mass is 9.98. The van der Waals surface area contributed by atoms with Crippen LogP contribution in [0, 0.1) is 0 Å². The van der Waals surface area contributed by atoms with Crippen LogP contribution in [0.25, 0.3) is 0 Å². The van der Waals surface area contributed by atoms with Crippen LogP contribution in [0.3, 0.4) is 0 Å². The van der Waals surface area contributed by atoms with Crippen molar-refractivity contribution in [3.63, 3.8) is 0 Å². The van der Waals surface area contributed by atoms with Gasteiger partial charge in [0.2, 0.25) is 0 Å². The minimum Gasteiger partial charge on any atom is -0.394 e. The molecule has 0 saturated carbocycles. The van der Waals surface area contributed by atoms with Crippen LogP contribution < -0.4 is 10.9 Å². The van der Waals surface area contributed by atoms with E-state index in [1.807, 2.05) is 6.07 Å². The van der Waals surface area contributed by atoms with Gasteiger partial charge in [0.1, 0.15) is 48.4 Å². The second kappa shape index (κ2) is 14.1. The average Bonchev–Trinajstić information content (AvgIpc) is 2.93. The molecule has 0 aromatic heterocycles. The average molecular weight is 521 g/mol. The highest BCUT2D eigenvalue weighted by Gasteiger charge is 2.46. The van der Waals surface area contributed by atoms with Gasteiger partial charge in [-0.15, -0.1) is 0 Å². The highest BCUT2D eigenvalue weighted by Crippen LogP contribution is 2.24. The van der Waals surface area contributed by atoms with Crippen LogP contribution in [0.15, 0.2) is 70.9 Å². The van der Waals surface area contributed by atoms with Crippen LogP contribution in [0.1, 0.15) is 0 Å². The Hall–Kier alpha value is -2.98. The predicted molar refractivity (Wildman–Crippen MR) is 134 cm³/mol. The summed E-state index contributed by atoms with van der Waals surface area (Å²) in [6.45, 7) is -1.55. The van der Waals surface area contributed by atoms with E-state index in [9.17, 15) is 35.7 Å². The first-order valence-electron chi connectivity index (χ1n) is 11.5. The van der Waals surface area contributed by atoms with Gasteiger partial charge in [-0.25, -0.2) is 0 Å². The summed E-state index contributed by atoms with van der Waals surface area (Å²) in [4.78, 5) is 0. The summed E-state index contributed by atoms with van der Waals surface area (Å²) in [6.07, 6.45) is -12.1. The van der Waals surface area contributed by atoms with Crippen molar-refractivity contribution >= 4 is 23.3 Å². The lowest BCUT2D eigenvalue weighted by molar-refractivity contribution is -0.322. The van der Waals surface area contributed by atoms with Crippen LogP contribution >= 0.6 is 0 Å². The zero-order valence-corrected chi connectivity index (χ0v) is 19.7. The number of hydrogen-bond acceptors (Lipinski definition) is 13. The van der Waals surface area contributed by atoms with E-state index in [2.05, 4.69) is 21.1 Å². The highest BCUT2D eigenvalue weighted by atomic mass is 16.7. The Bertz CT molecular complexity index is 996. The quantitative estimate of drug-likeness (QED) is 0.116. The Kier molecular flexibility index (Phi) is 10.9. The smallest absolute Gasteiger partial charge is 0.187 e. The lowest BCUT2D eigenvalue weighted by Crippen LogP contribution is -2.61. The number of aliphatic hydroxyl groups excluding tert-OH is 7.